The minimum Gasteiger partial charge on any atom is -0.474 e. The van der Waals surface area contributed by atoms with E-state index in [1.165, 1.54) is 12.3 Å². The molecular formula is C14H22N2O4. The molecule has 0 bridgehead atoms. The summed E-state index contributed by atoms with van der Waals surface area (Å²) in [6.07, 6.45) is 1.46. The lowest BCUT2D eigenvalue weighted by Crippen LogP contribution is -2.22. The third-order valence-electron chi connectivity index (χ3n) is 2.31. The molecule has 0 saturated carbocycles. The number of hydrogen-bond donors (Lipinski definition) is 1. The van der Waals surface area contributed by atoms with Gasteiger partial charge in [0, 0.05) is 6.20 Å². The second-order valence-corrected chi connectivity index (χ2v) is 5.11. The molecule has 0 aliphatic heterocycles. The number of nitrogens with two attached hydrogens (primary N) is 1. The Labute approximate surface area is 119 Å². The zero-order chi connectivity index (χ0) is 15.2. The molecule has 0 aliphatic rings. The average Bonchev–Trinajstić information content (AvgIpc) is 2.35. The first-order chi connectivity index (χ1) is 9.35. The van der Waals surface area contributed by atoms with Gasteiger partial charge in [-0.1, -0.05) is 0 Å². The van der Waals surface area contributed by atoms with E-state index >= 15 is 0 Å². The molecular weight excluding hydrogens is 260 g/mol. The molecule has 1 aromatic rings. The molecule has 0 aliphatic carbocycles. The largest absolute Gasteiger partial charge is 0.474 e. The second-order valence-electron chi connectivity index (χ2n) is 5.11. The lowest BCUT2D eigenvalue weighted by atomic mass is 10.2. The first kappa shape index (κ1) is 16.2. The Bertz CT molecular complexity index is 455. The van der Waals surface area contributed by atoms with Crippen molar-refractivity contribution in [1.29, 1.82) is 0 Å². The van der Waals surface area contributed by atoms with Crippen LogP contribution in [0.2, 0.25) is 0 Å². The van der Waals surface area contributed by atoms with Crippen LogP contribution in [0.5, 0.6) is 5.88 Å². The molecule has 6 heteroatoms. The van der Waals surface area contributed by atoms with E-state index in [4.69, 9.17) is 19.9 Å². The predicted molar refractivity (Wildman–Crippen MR) is 75.8 cm³/mol. The minimum atomic E-state index is -0.483. The van der Waals surface area contributed by atoms with Gasteiger partial charge in [-0.25, -0.2) is 9.78 Å². The van der Waals surface area contributed by atoms with Crippen LogP contribution in [-0.2, 0) is 9.47 Å². The van der Waals surface area contributed by atoms with Gasteiger partial charge in [-0.2, -0.15) is 0 Å². The number of nitrogens with zero attached hydrogens (tertiary/aromatic N) is 1. The predicted octanol–water partition coefficient (Wildman–Crippen LogP) is 2.03. The van der Waals surface area contributed by atoms with Gasteiger partial charge in [0.15, 0.2) is 0 Å². The first-order valence-corrected chi connectivity index (χ1v) is 6.53. The summed E-state index contributed by atoms with van der Waals surface area (Å²) in [6.45, 7) is 8.62. The van der Waals surface area contributed by atoms with Gasteiger partial charge in [0.05, 0.1) is 24.4 Å². The van der Waals surface area contributed by atoms with Crippen LogP contribution in [0.25, 0.3) is 0 Å². The van der Waals surface area contributed by atoms with Gasteiger partial charge in [-0.3, -0.25) is 0 Å². The Kier molecular flexibility index (Phi) is 5.76. The lowest BCUT2D eigenvalue weighted by Gasteiger charge is -2.19. The van der Waals surface area contributed by atoms with Gasteiger partial charge in [-0.05, 0) is 33.8 Å². The molecule has 2 N–H and O–H groups in total. The van der Waals surface area contributed by atoms with E-state index in [1.54, 1.807) is 6.92 Å². The maximum Gasteiger partial charge on any atom is 0.340 e. The zero-order valence-electron chi connectivity index (χ0n) is 12.4. The van der Waals surface area contributed by atoms with Crippen molar-refractivity contribution in [2.75, 3.05) is 25.6 Å². The van der Waals surface area contributed by atoms with E-state index in [-0.39, 0.29) is 29.3 Å². The van der Waals surface area contributed by atoms with E-state index in [0.717, 1.165) is 0 Å². The fraction of sp³-hybridized carbons (Fsp3) is 0.571. The highest BCUT2D eigenvalue weighted by molar-refractivity contribution is 5.96. The van der Waals surface area contributed by atoms with Gasteiger partial charge in [0.1, 0.15) is 12.3 Å². The number of esters is 1. The lowest BCUT2D eigenvalue weighted by molar-refractivity contribution is -0.0167. The highest BCUT2D eigenvalue weighted by Gasteiger charge is 2.16. The molecule has 0 atom stereocenters. The number of aromatic nitrogens is 1. The van der Waals surface area contributed by atoms with Crippen LogP contribution in [0.3, 0.4) is 0 Å². The molecule has 1 aromatic heterocycles. The molecule has 1 rings (SSSR count). The van der Waals surface area contributed by atoms with Crippen molar-refractivity contribution in [3.63, 3.8) is 0 Å². The quantitative estimate of drug-likeness (QED) is 0.635. The molecule has 0 spiro atoms. The highest BCUT2D eigenvalue weighted by atomic mass is 16.5. The summed E-state index contributed by atoms with van der Waals surface area (Å²) in [5, 5.41) is 0. The summed E-state index contributed by atoms with van der Waals surface area (Å²) in [4.78, 5) is 15.7. The van der Waals surface area contributed by atoms with Crippen molar-refractivity contribution in [2.24, 2.45) is 0 Å². The topological polar surface area (TPSA) is 83.7 Å². The molecule has 20 heavy (non-hydrogen) atoms. The SMILES string of the molecule is CCOC(=O)c1ccnc(OCCOC(C)(C)C)c1N. The van der Waals surface area contributed by atoms with Crippen LogP contribution in [0, 0.1) is 0 Å². The van der Waals surface area contributed by atoms with Crippen LogP contribution < -0.4 is 10.5 Å². The molecule has 112 valence electrons. The third-order valence-corrected chi connectivity index (χ3v) is 2.31. The number of carbonyl (C=O) groups is 1. The summed E-state index contributed by atoms with van der Waals surface area (Å²) >= 11 is 0. The molecule has 6 nitrogen and oxygen atoms in total. The number of nitrogen functional groups attached to an aromatic ring is 1. The maximum atomic E-state index is 11.7. The second kappa shape index (κ2) is 7.09. The van der Waals surface area contributed by atoms with Crippen molar-refractivity contribution in [3.05, 3.63) is 17.8 Å². The van der Waals surface area contributed by atoms with E-state index in [0.29, 0.717) is 13.2 Å². The van der Waals surface area contributed by atoms with Crippen LogP contribution in [0.4, 0.5) is 5.69 Å². The fourth-order valence-corrected chi connectivity index (χ4v) is 1.44. The fourth-order valence-electron chi connectivity index (χ4n) is 1.44. The van der Waals surface area contributed by atoms with E-state index < -0.39 is 5.97 Å². The molecule has 0 amide bonds. The normalized spacial score (nSPS) is 11.2. The van der Waals surface area contributed by atoms with Gasteiger partial charge in [0.25, 0.3) is 0 Å². The van der Waals surface area contributed by atoms with Crippen LogP contribution >= 0.6 is 0 Å². The van der Waals surface area contributed by atoms with Gasteiger partial charge in [-0.15, -0.1) is 0 Å². The van der Waals surface area contributed by atoms with Crippen molar-refractivity contribution in [1.82, 2.24) is 4.98 Å². The monoisotopic (exact) mass is 282 g/mol. The molecule has 0 unspecified atom stereocenters. The number of carbonyl (C=O) groups excluding carboxylic acids is 1. The molecule has 0 aromatic carbocycles. The number of rotatable bonds is 6. The van der Waals surface area contributed by atoms with Gasteiger partial charge in [0.2, 0.25) is 5.88 Å². The van der Waals surface area contributed by atoms with Gasteiger partial charge >= 0.3 is 5.97 Å². The standard InChI is InChI=1S/C14H22N2O4/c1-5-18-13(17)10-6-7-16-12(11(10)15)19-8-9-20-14(2,3)4/h6-7H,5,8-9,15H2,1-4H3. The van der Waals surface area contributed by atoms with E-state index in [2.05, 4.69) is 4.98 Å². The van der Waals surface area contributed by atoms with Crippen LogP contribution in [0.15, 0.2) is 12.3 Å². The Balaban J connectivity index is 2.63. The molecule has 0 fully saturated rings. The Morgan fingerprint density at radius 1 is 1.35 bits per heavy atom. The summed E-state index contributed by atoms with van der Waals surface area (Å²) in [5.41, 5.74) is 6.07. The van der Waals surface area contributed by atoms with E-state index in [1.807, 2.05) is 20.8 Å². The molecule has 0 saturated heterocycles. The number of hydrogen-bond acceptors (Lipinski definition) is 6. The molecule has 0 radical (unpaired) electrons. The first-order valence-electron chi connectivity index (χ1n) is 6.53. The van der Waals surface area contributed by atoms with Crippen molar-refractivity contribution >= 4 is 11.7 Å². The summed E-state index contributed by atoms with van der Waals surface area (Å²) < 4.78 is 15.9. The number of anilines is 1. The van der Waals surface area contributed by atoms with Crippen molar-refractivity contribution in [3.8, 4) is 5.88 Å². The summed E-state index contributed by atoms with van der Waals surface area (Å²) in [6, 6.07) is 1.51. The van der Waals surface area contributed by atoms with Crippen molar-refractivity contribution < 1.29 is 19.0 Å². The average molecular weight is 282 g/mol. The van der Waals surface area contributed by atoms with Crippen molar-refractivity contribution in [2.45, 2.75) is 33.3 Å². The Morgan fingerprint density at radius 3 is 2.65 bits per heavy atom. The highest BCUT2D eigenvalue weighted by Crippen LogP contribution is 2.23. The summed E-state index contributed by atoms with van der Waals surface area (Å²) in [5.74, 6) is -0.267. The zero-order valence-corrected chi connectivity index (χ0v) is 12.4. The number of pyridine rings is 1. The smallest absolute Gasteiger partial charge is 0.340 e. The molecule has 1 heterocycles. The Hall–Kier alpha value is -1.82. The number of ether oxygens (including phenoxy) is 3. The minimum absolute atomic E-state index is 0.182. The summed E-state index contributed by atoms with van der Waals surface area (Å²) in [7, 11) is 0. The van der Waals surface area contributed by atoms with Crippen LogP contribution in [0.1, 0.15) is 38.1 Å². The Morgan fingerprint density at radius 2 is 2.05 bits per heavy atom. The maximum absolute atomic E-state index is 11.7. The third kappa shape index (κ3) is 5.05. The van der Waals surface area contributed by atoms with Gasteiger partial charge < -0.3 is 19.9 Å². The van der Waals surface area contributed by atoms with Crippen LogP contribution in [-0.4, -0.2) is 36.4 Å². The van der Waals surface area contributed by atoms with E-state index in [9.17, 15) is 4.79 Å².